The van der Waals surface area contributed by atoms with Gasteiger partial charge in [0.15, 0.2) is 0 Å². The fraction of sp³-hybridized carbons (Fsp3) is 0.400. The monoisotopic (exact) mass is 375 g/mol. The summed E-state index contributed by atoms with van der Waals surface area (Å²) in [5, 5.41) is 0. The Labute approximate surface area is 132 Å². The van der Waals surface area contributed by atoms with Gasteiger partial charge >= 0.3 is 5.97 Å². The number of hydrogen-bond acceptors (Lipinski definition) is 2. The van der Waals surface area contributed by atoms with Crippen molar-refractivity contribution in [2.45, 2.75) is 19.9 Å². The fourth-order valence-corrected chi connectivity index (χ4v) is 2.03. The minimum atomic E-state index is -0.358. The third-order valence-electron chi connectivity index (χ3n) is 2.86. The lowest BCUT2D eigenvalue weighted by molar-refractivity contribution is -0.938. The molecule has 0 aromatic heterocycles. The lowest BCUT2D eigenvalue weighted by atomic mass is 10.2. The van der Waals surface area contributed by atoms with E-state index in [1.54, 1.807) is 0 Å². The van der Waals surface area contributed by atoms with Gasteiger partial charge in [0.05, 0.1) is 13.6 Å². The molecular weight excluding hydrogens is 353 g/mol. The molecule has 106 valence electrons. The molecule has 1 rings (SSSR count). The van der Waals surface area contributed by atoms with Crippen LogP contribution in [0.25, 0.3) is 0 Å². The molecule has 0 N–H and O–H groups in total. The van der Waals surface area contributed by atoms with E-state index in [-0.39, 0.29) is 29.9 Å². The van der Waals surface area contributed by atoms with Crippen LogP contribution in [0.3, 0.4) is 0 Å². The number of ether oxygens (including phenoxy) is 1. The first-order valence-electron chi connectivity index (χ1n) is 6.26. The van der Waals surface area contributed by atoms with E-state index in [1.807, 2.05) is 18.2 Å². The molecule has 1 aromatic rings. The summed E-state index contributed by atoms with van der Waals surface area (Å²) in [4.78, 5) is 11.2. The van der Waals surface area contributed by atoms with Crippen molar-refractivity contribution in [1.29, 1.82) is 0 Å². The van der Waals surface area contributed by atoms with Gasteiger partial charge in [-0.1, -0.05) is 43.8 Å². The van der Waals surface area contributed by atoms with Gasteiger partial charge in [-0.15, -0.1) is 0 Å². The summed E-state index contributed by atoms with van der Waals surface area (Å²) in [7, 11) is 2.10. The van der Waals surface area contributed by atoms with Crippen molar-refractivity contribution in [3.05, 3.63) is 48.6 Å². The van der Waals surface area contributed by atoms with E-state index in [0.717, 1.165) is 19.5 Å². The van der Waals surface area contributed by atoms with Gasteiger partial charge < -0.3 is 28.7 Å². The van der Waals surface area contributed by atoms with E-state index in [0.29, 0.717) is 11.2 Å². The summed E-state index contributed by atoms with van der Waals surface area (Å²) < 4.78 is 5.89. The average Bonchev–Trinajstić information content (AvgIpc) is 2.37. The summed E-state index contributed by atoms with van der Waals surface area (Å²) in [6.45, 7) is 7.76. The van der Waals surface area contributed by atoms with Crippen molar-refractivity contribution in [2.75, 3.05) is 20.3 Å². The smallest absolute Gasteiger partial charge is 0.334 e. The van der Waals surface area contributed by atoms with E-state index in [1.165, 1.54) is 11.6 Å². The van der Waals surface area contributed by atoms with Crippen LogP contribution in [0.5, 0.6) is 0 Å². The largest absolute Gasteiger partial charge is 1.00 e. The van der Waals surface area contributed by atoms with Crippen molar-refractivity contribution < 1.29 is 38.0 Å². The van der Waals surface area contributed by atoms with Crippen LogP contribution in [-0.4, -0.2) is 30.8 Å². The van der Waals surface area contributed by atoms with Gasteiger partial charge in [-0.2, -0.15) is 0 Å². The zero-order valence-corrected chi connectivity index (χ0v) is 13.8. The molecule has 0 radical (unpaired) electrons. The molecule has 0 aliphatic carbocycles. The number of halogens is 1. The molecule has 0 bridgehead atoms. The first-order chi connectivity index (χ1) is 8.59. The molecule has 4 heteroatoms. The van der Waals surface area contributed by atoms with Gasteiger partial charge in [-0.05, 0) is 6.42 Å². The molecule has 1 unspecified atom stereocenters. The lowest BCUT2D eigenvalue weighted by Gasteiger charge is -2.33. The van der Waals surface area contributed by atoms with Crippen LogP contribution >= 0.6 is 0 Å². The Morgan fingerprint density at radius 2 is 2.00 bits per heavy atom. The Morgan fingerprint density at radius 3 is 2.53 bits per heavy atom. The topological polar surface area (TPSA) is 26.3 Å². The van der Waals surface area contributed by atoms with Crippen molar-refractivity contribution >= 4 is 5.97 Å². The van der Waals surface area contributed by atoms with Gasteiger partial charge in [-0.3, -0.25) is 4.48 Å². The number of carbonyl (C=O) groups excluding carboxylic acids is 1. The molecule has 0 aliphatic rings. The molecule has 3 nitrogen and oxygen atoms in total. The Bertz CT molecular complexity index is 394. The number of carbonyl (C=O) groups is 1. The van der Waals surface area contributed by atoms with Gasteiger partial charge in [0.2, 0.25) is 6.73 Å². The predicted octanol–water partition coefficient (Wildman–Crippen LogP) is -0.266. The molecule has 0 amide bonds. The van der Waals surface area contributed by atoms with E-state index in [4.69, 9.17) is 4.74 Å². The number of nitrogens with zero attached hydrogens (tertiary/aromatic N) is 1. The first kappa shape index (κ1) is 18.1. The maximum atomic E-state index is 11.2. The Kier molecular flexibility index (Phi) is 8.67. The third kappa shape index (κ3) is 6.73. The van der Waals surface area contributed by atoms with Crippen LogP contribution in [0, 0.1) is 0 Å². The van der Waals surface area contributed by atoms with Crippen molar-refractivity contribution in [3.8, 4) is 0 Å². The molecule has 0 saturated carbocycles. The molecule has 0 fully saturated rings. The summed E-state index contributed by atoms with van der Waals surface area (Å²) in [5.74, 6) is -0.358. The standard InChI is InChI=1S/C15H22NO2.HI/c1-4-11-16(3,13-18-15(17)5-2)12-14-9-7-6-8-10-14;/h5-10H,2,4,11-13H2,1,3H3;1H/q+1;/p-1. The third-order valence-corrected chi connectivity index (χ3v) is 2.86. The van der Waals surface area contributed by atoms with E-state index in [2.05, 4.69) is 32.7 Å². The summed E-state index contributed by atoms with van der Waals surface area (Å²) >= 11 is 0. The van der Waals surface area contributed by atoms with Crippen LogP contribution in [0.15, 0.2) is 43.0 Å². The maximum Gasteiger partial charge on any atom is 0.334 e. The van der Waals surface area contributed by atoms with Crippen LogP contribution in [-0.2, 0) is 16.1 Å². The molecule has 0 heterocycles. The highest BCUT2D eigenvalue weighted by Crippen LogP contribution is 2.13. The number of quaternary nitrogens is 1. The minimum absolute atomic E-state index is 0. The average molecular weight is 375 g/mol. The zero-order chi connectivity index (χ0) is 13.4. The second-order valence-electron chi connectivity index (χ2n) is 4.78. The van der Waals surface area contributed by atoms with Gasteiger partial charge in [0.1, 0.15) is 6.54 Å². The van der Waals surface area contributed by atoms with Crippen LogP contribution in [0.1, 0.15) is 18.9 Å². The molecule has 1 aromatic carbocycles. The van der Waals surface area contributed by atoms with Gasteiger partial charge in [0.25, 0.3) is 0 Å². The molecule has 0 spiro atoms. The predicted molar refractivity (Wildman–Crippen MR) is 72.6 cm³/mol. The number of hydrogen-bond donors (Lipinski definition) is 0. The molecule has 0 aliphatic heterocycles. The van der Waals surface area contributed by atoms with Crippen molar-refractivity contribution in [1.82, 2.24) is 0 Å². The summed E-state index contributed by atoms with van der Waals surface area (Å²) in [6.07, 6.45) is 2.26. The molecule has 19 heavy (non-hydrogen) atoms. The number of esters is 1. The zero-order valence-electron chi connectivity index (χ0n) is 11.6. The van der Waals surface area contributed by atoms with Gasteiger partial charge in [-0.25, -0.2) is 4.79 Å². The van der Waals surface area contributed by atoms with E-state index < -0.39 is 0 Å². The summed E-state index contributed by atoms with van der Waals surface area (Å²) in [5.41, 5.74) is 1.25. The first-order valence-corrected chi connectivity index (χ1v) is 6.26. The Balaban J connectivity index is 0.00000324. The number of rotatable bonds is 7. The van der Waals surface area contributed by atoms with Crippen LogP contribution in [0.2, 0.25) is 0 Å². The molecular formula is C15H22INO2. The van der Waals surface area contributed by atoms with Crippen molar-refractivity contribution in [2.24, 2.45) is 0 Å². The number of benzene rings is 1. The maximum absolute atomic E-state index is 11.2. The minimum Gasteiger partial charge on any atom is -1.00 e. The SMILES string of the molecule is C=CC(=O)OC[N+](C)(CCC)Cc1ccccc1.[I-]. The van der Waals surface area contributed by atoms with Crippen LogP contribution < -0.4 is 24.0 Å². The second kappa shape index (κ2) is 9.09. The van der Waals surface area contributed by atoms with Crippen molar-refractivity contribution in [3.63, 3.8) is 0 Å². The normalized spacial score (nSPS) is 12.9. The fourth-order valence-electron chi connectivity index (χ4n) is 2.03. The van der Waals surface area contributed by atoms with E-state index in [9.17, 15) is 4.79 Å². The van der Waals surface area contributed by atoms with Gasteiger partial charge in [0, 0.05) is 11.6 Å². The second-order valence-corrected chi connectivity index (χ2v) is 4.78. The highest BCUT2D eigenvalue weighted by atomic mass is 127. The Morgan fingerprint density at radius 1 is 1.37 bits per heavy atom. The van der Waals surface area contributed by atoms with E-state index >= 15 is 0 Å². The quantitative estimate of drug-likeness (QED) is 0.216. The highest BCUT2D eigenvalue weighted by molar-refractivity contribution is 5.81. The highest BCUT2D eigenvalue weighted by Gasteiger charge is 2.22. The summed E-state index contributed by atoms with van der Waals surface area (Å²) in [6, 6.07) is 10.3. The molecule has 0 saturated heterocycles. The van der Waals surface area contributed by atoms with Crippen LogP contribution in [0.4, 0.5) is 0 Å². The lowest BCUT2D eigenvalue weighted by Crippen LogP contribution is -3.00. The molecule has 1 atom stereocenters. The Hall–Kier alpha value is -0.880.